The summed E-state index contributed by atoms with van der Waals surface area (Å²) in [7, 11) is 0. The zero-order valence-electron chi connectivity index (χ0n) is 14.0. The van der Waals surface area contributed by atoms with Crippen LogP contribution in [0.3, 0.4) is 0 Å². The van der Waals surface area contributed by atoms with Crippen molar-refractivity contribution in [1.29, 1.82) is 0 Å². The van der Waals surface area contributed by atoms with E-state index < -0.39 is 48.4 Å². The molecule has 130 valence electrons. The van der Waals surface area contributed by atoms with Crippen LogP contribution >= 0.6 is 0 Å². The lowest BCUT2D eigenvalue weighted by molar-refractivity contribution is -0.146. The zero-order valence-corrected chi connectivity index (χ0v) is 14.0. The van der Waals surface area contributed by atoms with Gasteiger partial charge in [0.1, 0.15) is 24.4 Å². The van der Waals surface area contributed by atoms with Gasteiger partial charge in [0.25, 0.3) is 0 Å². The Balaban J connectivity index is 2.79. The maximum Gasteiger partial charge on any atom is 0.240 e. The van der Waals surface area contributed by atoms with Crippen LogP contribution in [-0.4, -0.2) is 68.9 Å². The summed E-state index contributed by atoms with van der Waals surface area (Å²) in [5.74, 6) is -0.467. The zero-order chi connectivity index (χ0) is 17.3. The molecule has 6 N–H and O–H groups in total. The monoisotopic (exact) mass is 318 g/mol. The summed E-state index contributed by atoms with van der Waals surface area (Å²) in [6.07, 6.45) is -3.53. The number of rotatable bonds is 4. The van der Waals surface area contributed by atoms with Crippen molar-refractivity contribution >= 4 is 5.91 Å². The van der Waals surface area contributed by atoms with Crippen molar-refractivity contribution < 1.29 is 25.2 Å². The Kier molecular flexibility index (Phi) is 5.97. The van der Waals surface area contributed by atoms with E-state index in [1.807, 2.05) is 13.8 Å². The van der Waals surface area contributed by atoms with Gasteiger partial charge in [-0.2, -0.15) is 0 Å². The van der Waals surface area contributed by atoms with Gasteiger partial charge in [0, 0.05) is 5.54 Å². The summed E-state index contributed by atoms with van der Waals surface area (Å²) in [6, 6.07) is -1.95. The fraction of sp³-hybridized carbons (Fsp3) is 0.933. The van der Waals surface area contributed by atoms with Crippen LogP contribution in [0.15, 0.2) is 0 Å². The minimum absolute atomic E-state index is 0.0126. The van der Waals surface area contributed by atoms with Gasteiger partial charge < -0.3 is 25.7 Å². The highest BCUT2D eigenvalue weighted by Gasteiger charge is 2.45. The van der Waals surface area contributed by atoms with E-state index in [1.54, 1.807) is 0 Å². The second kappa shape index (κ2) is 6.80. The van der Waals surface area contributed by atoms with E-state index in [9.17, 15) is 25.2 Å². The topological polar surface area (TPSA) is 122 Å². The second-order valence-corrected chi connectivity index (χ2v) is 8.02. The predicted molar refractivity (Wildman–Crippen MR) is 82.1 cm³/mol. The Labute approximate surface area is 131 Å². The first-order valence-electron chi connectivity index (χ1n) is 7.61. The van der Waals surface area contributed by atoms with Gasteiger partial charge in [-0.1, -0.05) is 20.8 Å². The first-order valence-corrected chi connectivity index (χ1v) is 7.61. The van der Waals surface area contributed by atoms with Crippen LogP contribution in [0.4, 0.5) is 0 Å². The number of hydrogen-bond donors (Lipinski definition) is 6. The average Bonchev–Trinajstić information content (AvgIpc) is 2.32. The normalized spacial score (nSPS) is 33.6. The van der Waals surface area contributed by atoms with Crippen LogP contribution in [0.25, 0.3) is 0 Å². The highest BCUT2D eigenvalue weighted by molar-refractivity contribution is 5.83. The lowest BCUT2D eigenvalue weighted by Gasteiger charge is -2.42. The standard InChI is InChI=1S/C15H30N2O5/c1-14(2,3)7-15(4,5)17-13(22)9-11(20)12(21)10(19)8(6-18)16-9/h8-12,16,18-21H,6-7H2,1-5H3,(H,17,22)/t8-,9+,10-,11+,12+/m1/s1. The van der Waals surface area contributed by atoms with Crippen LogP contribution in [-0.2, 0) is 4.79 Å². The first-order chi connectivity index (χ1) is 9.88. The highest BCUT2D eigenvalue weighted by atomic mass is 16.4. The maximum atomic E-state index is 12.4. The maximum absolute atomic E-state index is 12.4. The van der Waals surface area contributed by atoms with Gasteiger partial charge in [-0.05, 0) is 25.7 Å². The molecular formula is C15H30N2O5. The number of amides is 1. The summed E-state index contributed by atoms with van der Waals surface area (Å²) < 4.78 is 0. The third-order valence-corrected chi connectivity index (χ3v) is 3.76. The molecule has 1 amide bonds. The molecule has 0 radical (unpaired) electrons. The summed E-state index contributed by atoms with van der Waals surface area (Å²) in [4.78, 5) is 12.4. The molecule has 1 rings (SSSR count). The number of carbonyl (C=O) groups excluding carboxylic acids is 1. The summed E-state index contributed by atoms with van der Waals surface area (Å²) in [6.45, 7) is 9.53. The molecule has 1 aliphatic heterocycles. The Hall–Kier alpha value is -0.730. The van der Waals surface area contributed by atoms with Crippen LogP contribution in [0.5, 0.6) is 0 Å². The van der Waals surface area contributed by atoms with Crippen molar-refractivity contribution in [2.24, 2.45) is 5.41 Å². The first kappa shape index (κ1) is 19.3. The van der Waals surface area contributed by atoms with Gasteiger partial charge in [-0.3, -0.25) is 10.1 Å². The Bertz CT molecular complexity index is 392. The third kappa shape index (κ3) is 4.89. The molecule has 0 spiro atoms. The minimum Gasteiger partial charge on any atom is -0.395 e. The van der Waals surface area contributed by atoms with Crippen molar-refractivity contribution in [3.63, 3.8) is 0 Å². The molecule has 0 aliphatic carbocycles. The van der Waals surface area contributed by atoms with Gasteiger partial charge >= 0.3 is 0 Å². The molecule has 1 saturated heterocycles. The average molecular weight is 318 g/mol. The van der Waals surface area contributed by atoms with E-state index in [0.717, 1.165) is 6.42 Å². The van der Waals surface area contributed by atoms with E-state index in [0.29, 0.717) is 0 Å². The Morgan fingerprint density at radius 2 is 1.59 bits per heavy atom. The fourth-order valence-electron chi connectivity index (χ4n) is 3.24. The molecule has 7 heteroatoms. The van der Waals surface area contributed by atoms with E-state index in [4.69, 9.17) is 0 Å². The van der Waals surface area contributed by atoms with Crippen LogP contribution in [0.1, 0.15) is 41.0 Å². The highest BCUT2D eigenvalue weighted by Crippen LogP contribution is 2.27. The molecule has 0 aromatic heterocycles. The largest absolute Gasteiger partial charge is 0.395 e. The molecule has 0 saturated carbocycles. The van der Waals surface area contributed by atoms with Crippen molar-refractivity contribution in [3.8, 4) is 0 Å². The van der Waals surface area contributed by atoms with E-state index in [-0.39, 0.29) is 5.41 Å². The van der Waals surface area contributed by atoms with Gasteiger partial charge in [-0.15, -0.1) is 0 Å². The Morgan fingerprint density at radius 1 is 1.05 bits per heavy atom. The number of carbonyl (C=O) groups is 1. The number of piperidine rings is 1. The molecule has 0 bridgehead atoms. The fourth-order valence-corrected chi connectivity index (χ4v) is 3.24. The number of nitrogens with one attached hydrogen (secondary N) is 2. The molecule has 1 heterocycles. The molecular weight excluding hydrogens is 288 g/mol. The third-order valence-electron chi connectivity index (χ3n) is 3.76. The summed E-state index contributed by atoms with van der Waals surface area (Å²) in [5, 5.41) is 44.3. The quantitative estimate of drug-likeness (QED) is 0.384. The van der Waals surface area contributed by atoms with E-state index in [1.165, 1.54) is 0 Å². The molecule has 1 aliphatic rings. The van der Waals surface area contributed by atoms with Crippen molar-refractivity contribution in [1.82, 2.24) is 10.6 Å². The van der Waals surface area contributed by atoms with Crippen LogP contribution in [0.2, 0.25) is 0 Å². The van der Waals surface area contributed by atoms with Crippen molar-refractivity contribution in [3.05, 3.63) is 0 Å². The number of aliphatic hydroxyl groups is 4. The van der Waals surface area contributed by atoms with Gasteiger partial charge in [0.05, 0.1) is 12.6 Å². The molecule has 22 heavy (non-hydrogen) atoms. The molecule has 0 unspecified atom stereocenters. The lowest BCUT2D eigenvalue weighted by Crippen LogP contribution is -2.70. The lowest BCUT2D eigenvalue weighted by atomic mass is 9.81. The molecule has 7 nitrogen and oxygen atoms in total. The van der Waals surface area contributed by atoms with Gasteiger partial charge in [0.15, 0.2) is 0 Å². The van der Waals surface area contributed by atoms with Crippen molar-refractivity contribution in [2.75, 3.05) is 6.61 Å². The predicted octanol–water partition coefficient (Wildman–Crippen LogP) is -1.27. The van der Waals surface area contributed by atoms with E-state index in [2.05, 4.69) is 31.4 Å². The molecule has 1 fully saturated rings. The summed E-state index contributed by atoms with van der Waals surface area (Å²) in [5.41, 5.74) is -0.481. The SMILES string of the molecule is CC(C)(C)CC(C)(C)NC(=O)[C@H]1N[C@H](CO)[C@@H](O)[C@H](O)[C@H]1O. The smallest absolute Gasteiger partial charge is 0.240 e. The second-order valence-electron chi connectivity index (χ2n) is 8.02. The summed E-state index contributed by atoms with van der Waals surface area (Å²) >= 11 is 0. The molecule has 0 aromatic carbocycles. The van der Waals surface area contributed by atoms with Crippen LogP contribution < -0.4 is 10.6 Å². The van der Waals surface area contributed by atoms with Crippen LogP contribution in [0, 0.1) is 5.41 Å². The van der Waals surface area contributed by atoms with Gasteiger partial charge in [0.2, 0.25) is 5.91 Å². The van der Waals surface area contributed by atoms with E-state index >= 15 is 0 Å². The number of hydrogen-bond acceptors (Lipinski definition) is 6. The number of aliphatic hydroxyl groups excluding tert-OH is 4. The molecule has 5 atom stereocenters. The van der Waals surface area contributed by atoms with Crippen molar-refractivity contribution in [2.45, 2.75) is 77.0 Å². The molecule has 0 aromatic rings. The minimum atomic E-state index is -1.49. The Morgan fingerprint density at radius 3 is 2.05 bits per heavy atom. The van der Waals surface area contributed by atoms with Gasteiger partial charge in [-0.25, -0.2) is 0 Å².